The van der Waals surface area contributed by atoms with Crippen molar-refractivity contribution >= 4 is 11.3 Å². The van der Waals surface area contributed by atoms with Gasteiger partial charge in [-0.15, -0.1) is 11.3 Å². The molecule has 2 unspecified atom stereocenters. The molecule has 4 aliphatic rings. The monoisotopic (exact) mass is 265 g/mol. The summed E-state index contributed by atoms with van der Waals surface area (Å²) in [4.78, 5) is 11.1. The topological polar surface area (TPSA) is 39.6 Å². The predicted octanol–water partition coefficient (Wildman–Crippen LogP) is 1.19. The van der Waals surface area contributed by atoms with Gasteiger partial charge in [-0.1, -0.05) is 0 Å². The molecule has 5 heteroatoms. The van der Waals surface area contributed by atoms with Crippen LogP contribution >= 0.6 is 11.3 Å². The molecule has 4 nitrogen and oxygen atoms in total. The van der Waals surface area contributed by atoms with Crippen LogP contribution in [0.3, 0.4) is 0 Å². The normalized spacial score (nSPS) is 38.7. The van der Waals surface area contributed by atoms with Gasteiger partial charge in [0.05, 0.1) is 22.7 Å². The van der Waals surface area contributed by atoms with Gasteiger partial charge in [-0.3, -0.25) is 9.80 Å². The van der Waals surface area contributed by atoms with Crippen molar-refractivity contribution in [1.29, 1.82) is 0 Å². The Balaban J connectivity index is 1.65. The molecule has 3 aliphatic heterocycles. The van der Waals surface area contributed by atoms with Gasteiger partial charge in [-0.25, -0.2) is 4.98 Å². The lowest BCUT2D eigenvalue weighted by molar-refractivity contribution is 0.0122. The largest absolute Gasteiger partial charge is 0.388 e. The van der Waals surface area contributed by atoms with Crippen molar-refractivity contribution in [2.45, 2.75) is 31.4 Å². The Bertz CT molecular complexity index is 453. The minimum atomic E-state index is -0.254. The van der Waals surface area contributed by atoms with E-state index in [1.54, 1.807) is 11.3 Å². The van der Waals surface area contributed by atoms with Gasteiger partial charge >= 0.3 is 0 Å². The van der Waals surface area contributed by atoms with E-state index in [9.17, 15) is 5.11 Å². The highest BCUT2D eigenvalue weighted by molar-refractivity contribution is 7.11. The Kier molecular flexibility index (Phi) is 2.69. The van der Waals surface area contributed by atoms with Crippen molar-refractivity contribution in [3.8, 4) is 0 Å². The van der Waals surface area contributed by atoms with E-state index in [1.165, 1.54) is 36.9 Å². The van der Waals surface area contributed by atoms with Crippen LogP contribution in [0.1, 0.15) is 40.6 Å². The maximum atomic E-state index is 10.1. The third-order valence-corrected chi connectivity index (χ3v) is 5.80. The Hall–Kier alpha value is -0.490. The lowest BCUT2D eigenvalue weighted by Gasteiger charge is -2.46. The zero-order valence-corrected chi connectivity index (χ0v) is 11.3. The molecule has 98 valence electrons. The fourth-order valence-corrected chi connectivity index (χ4v) is 4.67. The molecule has 1 aliphatic carbocycles. The lowest BCUT2D eigenvalue weighted by atomic mass is 10.0. The summed E-state index contributed by atoms with van der Waals surface area (Å²) in [6.07, 6.45) is 2.79. The van der Waals surface area contributed by atoms with E-state index < -0.39 is 0 Å². The maximum absolute atomic E-state index is 10.1. The number of fused-ring (bicyclic) bond motifs is 4. The van der Waals surface area contributed by atoms with E-state index in [1.807, 2.05) is 0 Å². The molecule has 3 saturated heterocycles. The van der Waals surface area contributed by atoms with Crippen LogP contribution in [-0.2, 0) is 6.42 Å². The van der Waals surface area contributed by atoms with Crippen molar-refractivity contribution in [1.82, 2.24) is 14.8 Å². The summed E-state index contributed by atoms with van der Waals surface area (Å²) in [6.45, 7) is 5.91. The summed E-state index contributed by atoms with van der Waals surface area (Å²) in [6, 6.07) is 0.482. The molecule has 1 N–H and O–H groups in total. The van der Waals surface area contributed by atoms with E-state index in [-0.39, 0.29) is 6.10 Å². The Morgan fingerprint density at radius 1 is 1.22 bits per heavy atom. The van der Waals surface area contributed by atoms with Crippen molar-refractivity contribution in [2.75, 3.05) is 32.7 Å². The van der Waals surface area contributed by atoms with Crippen LogP contribution in [0.2, 0.25) is 0 Å². The first-order valence-corrected chi connectivity index (χ1v) is 7.77. The number of aromatic nitrogens is 1. The Morgan fingerprint density at radius 3 is 2.72 bits per heavy atom. The van der Waals surface area contributed by atoms with Gasteiger partial charge in [-0.05, 0) is 19.3 Å². The van der Waals surface area contributed by atoms with Crippen molar-refractivity contribution in [2.24, 2.45) is 0 Å². The van der Waals surface area contributed by atoms with Gasteiger partial charge in [0.15, 0.2) is 0 Å². The van der Waals surface area contributed by atoms with Crippen LogP contribution in [-0.4, -0.2) is 52.6 Å². The number of aliphatic hydroxyl groups excluding tert-OH is 1. The van der Waals surface area contributed by atoms with Crippen LogP contribution in [0.4, 0.5) is 0 Å². The molecule has 0 saturated carbocycles. The molecule has 0 aromatic carbocycles. The lowest BCUT2D eigenvalue weighted by Crippen LogP contribution is -2.56. The second kappa shape index (κ2) is 4.27. The molecular formula is C13H19N3OS. The van der Waals surface area contributed by atoms with Crippen LogP contribution in [0.15, 0.2) is 0 Å². The number of hydrogen-bond acceptors (Lipinski definition) is 5. The Morgan fingerprint density at radius 2 is 2.06 bits per heavy atom. The average Bonchev–Trinajstić information content (AvgIpc) is 2.85. The number of piperazine rings is 3. The summed E-state index contributed by atoms with van der Waals surface area (Å²) in [5.74, 6) is 0. The molecule has 4 heterocycles. The van der Waals surface area contributed by atoms with E-state index in [4.69, 9.17) is 4.98 Å². The molecule has 0 spiro atoms. The zero-order valence-electron chi connectivity index (χ0n) is 10.5. The van der Waals surface area contributed by atoms with Crippen LogP contribution in [0.25, 0.3) is 0 Å². The Labute approximate surface area is 111 Å². The molecule has 18 heavy (non-hydrogen) atoms. The summed E-state index contributed by atoms with van der Waals surface area (Å²) in [7, 11) is 0. The first-order valence-electron chi connectivity index (χ1n) is 6.95. The van der Waals surface area contributed by atoms with E-state index in [2.05, 4.69) is 9.80 Å². The number of aryl methyl sites for hydroxylation is 1. The number of nitrogens with zero attached hydrogens (tertiary/aromatic N) is 3. The minimum absolute atomic E-state index is 0.254. The number of hydrogen-bond donors (Lipinski definition) is 1. The molecule has 1 aromatic heterocycles. The molecule has 2 atom stereocenters. The van der Waals surface area contributed by atoms with Crippen molar-refractivity contribution < 1.29 is 5.11 Å². The van der Waals surface area contributed by atoms with E-state index >= 15 is 0 Å². The fourth-order valence-electron chi connectivity index (χ4n) is 3.41. The van der Waals surface area contributed by atoms with Crippen molar-refractivity contribution in [3.05, 3.63) is 15.6 Å². The highest BCUT2D eigenvalue weighted by atomic mass is 32.1. The third-order valence-electron chi connectivity index (χ3n) is 4.50. The predicted molar refractivity (Wildman–Crippen MR) is 70.8 cm³/mol. The van der Waals surface area contributed by atoms with Gasteiger partial charge in [0.2, 0.25) is 0 Å². The van der Waals surface area contributed by atoms with Crippen LogP contribution in [0, 0.1) is 0 Å². The third kappa shape index (κ3) is 1.72. The first kappa shape index (κ1) is 11.3. The molecule has 0 radical (unpaired) electrons. The summed E-state index contributed by atoms with van der Waals surface area (Å²) in [5, 5.41) is 11.3. The number of rotatable bonds is 1. The smallest absolute Gasteiger partial charge is 0.112 e. The molecule has 5 rings (SSSR count). The molecule has 0 amide bonds. The minimum Gasteiger partial charge on any atom is -0.388 e. The van der Waals surface area contributed by atoms with E-state index in [0.717, 1.165) is 30.7 Å². The quantitative estimate of drug-likeness (QED) is 0.828. The zero-order chi connectivity index (χ0) is 12.1. The highest BCUT2D eigenvalue weighted by Crippen LogP contribution is 2.38. The molecule has 3 fully saturated rings. The molecular weight excluding hydrogens is 246 g/mol. The SMILES string of the molecule is OC1CCCc2nc(C3CN4CCN3CC4)sc21. The second-order valence-corrected chi connectivity index (χ2v) is 6.69. The molecule has 1 aromatic rings. The van der Waals surface area contributed by atoms with Gasteiger partial charge in [-0.2, -0.15) is 0 Å². The van der Waals surface area contributed by atoms with Crippen LogP contribution in [0.5, 0.6) is 0 Å². The second-order valence-electron chi connectivity index (χ2n) is 5.62. The number of thiazole rings is 1. The highest BCUT2D eigenvalue weighted by Gasteiger charge is 2.36. The number of aliphatic hydroxyl groups is 1. The summed E-state index contributed by atoms with van der Waals surface area (Å²) >= 11 is 1.76. The first-order chi connectivity index (χ1) is 8.81. The summed E-state index contributed by atoms with van der Waals surface area (Å²) in [5.41, 5.74) is 1.17. The maximum Gasteiger partial charge on any atom is 0.112 e. The van der Waals surface area contributed by atoms with Gasteiger partial charge in [0.1, 0.15) is 5.01 Å². The van der Waals surface area contributed by atoms with Crippen LogP contribution < -0.4 is 0 Å². The molecule has 2 bridgehead atoms. The van der Waals surface area contributed by atoms with E-state index in [0.29, 0.717) is 6.04 Å². The standard InChI is InChI=1S/C13H19N3OS/c17-11-3-1-2-9-12(11)18-13(14-9)10-8-15-4-6-16(10)7-5-15/h10-11,17H,1-8H2. The average molecular weight is 265 g/mol. The van der Waals surface area contributed by atoms with Gasteiger partial charge in [0.25, 0.3) is 0 Å². The summed E-state index contributed by atoms with van der Waals surface area (Å²) < 4.78 is 0. The fraction of sp³-hybridized carbons (Fsp3) is 0.769. The van der Waals surface area contributed by atoms with Gasteiger partial charge in [0, 0.05) is 32.7 Å². The van der Waals surface area contributed by atoms with Gasteiger partial charge < -0.3 is 5.11 Å². The van der Waals surface area contributed by atoms with Crippen molar-refractivity contribution in [3.63, 3.8) is 0 Å².